The van der Waals surface area contributed by atoms with Gasteiger partial charge in [-0.15, -0.1) is 0 Å². The van der Waals surface area contributed by atoms with Crippen molar-refractivity contribution in [2.24, 2.45) is 0 Å². The third-order valence-electron chi connectivity index (χ3n) is 7.81. The summed E-state index contributed by atoms with van der Waals surface area (Å²) in [5.74, 6) is 0.233. The quantitative estimate of drug-likeness (QED) is 0.288. The number of para-hydroxylation sites is 2. The summed E-state index contributed by atoms with van der Waals surface area (Å²) in [6.07, 6.45) is 5.45. The Morgan fingerprint density at radius 3 is 2.16 bits per heavy atom. The van der Waals surface area contributed by atoms with Crippen LogP contribution in [0.2, 0.25) is 0 Å². The minimum atomic E-state index is -4.18. The zero-order valence-electron chi connectivity index (χ0n) is 25.1. The van der Waals surface area contributed by atoms with Crippen molar-refractivity contribution >= 4 is 27.5 Å². The Bertz CT molecular complexity index is 1460. The van der Waals surface area contributed by atoms with Gasteiger partial charge in [0.25, 0.3) is 10.0 Å². The van der Waals surface area contributed by atoms with Crippen molar-refractivity contribution in [1.82, 2.24) is 10.2 Å². The van der Waals surface area contributed by atoms with Gasteiger partial charge >= 0.3 is 0 Å². The number of anilines is 1. The van der Waals surface area contributed by atoms with Gasteiger partial charge in [0, 0.05) is 12.6 Å². The number of methoxy groups -OCH3 is 2. The molecule has 1 fully saturated rings. The van der Waals surface area contributed by atoms with E-state index in [0.29, 0.717) is 17.9 Å². The van der Waals surface area contributed by atoms with Gasteiger partial charge in [-0.3, -0.25) is 13.9 Å². The maximum absolute atomic E-state index is 14.3. The summed E-state index contributed by atoms with van der Waals surface area (Å²) >= 11 is 0. The number of hydrogen-bond donors (Lipinski definition) is 1. The lowest BCUT2D eigenvalue weighted by molar-refractivity contribution is -0.140. The lowest BCUT2D eigenvalue weighted by Gasteiger charge is -2.34. The third kappa shape index (κ3) is 7.87. The van der Waals surface area contributed by atoms with Crippen LogP contribution in [0.4, 0.5) is 5.69 Å². The molecule has 1 atom stereocenters. The van der Waals surface area contributed by atoms with Crippen LogP contribution in [0.15, 0.2) is 83.8 Å². The monoisotopic (exact) mass is 607 g/mol. The van der Waals surface area contributed by atoms with Gasteiger partial charge in [0.15, 0.2) is 0 Å². The van der Waals surface area contributed by atoms with Gasteiger partial charge in [0.1, 0.15) is 24.1 Å². The smallest absolute Gasteiger partial charge is 0.264 e. The molecule has 9 nitrogen and oxygen atoms in total. The molecule has 0 spiro atoms. The minimum absolute atomic E-state index is 0.0393. The molecule has 230 valence electrons. The fourth-order valence-corrected chi connectivity index (χ4v) is 6.91. The van der Waals surface area contributed by atoms with Crippen molar-refractivity contribution in [3.63, 3.8) is 0 Å². The van der Waals surface area contributed by atoms with Crippen molar-refractivity contribution in [3.05, 3.63) is 84.4 Å². The second-order valence-corrected chi connectivity index (χ2v) is 12.5. The molecular formula is C33H41N3O6S. The van der Waals surface area contributed by atoms with E-state index < -0.39 is 28.5 Å². The normalized spacial score (nSPS) is 14.4. The first-order valence-corrected chi connectivity index (χ1v) is 16.2. The number of carbonyl (C=O) groups is 2. The van der Waals surface area contributed by atoms with Crippen LogP contribution in [-0.2, 0) is 26.2 Å². The molecule has 4 rings (SSSR count). The molecule has 1 aliphatic rings. The molecular weight excluding hydrogens is 566 g/mol. The molecule has 3 aromatic carbocycles. The van der Waals surface area contributed by atoms with Gasteiger partial charge in [0.2, 0.25) is 11.8 Å². The highest BCUT2D eigenvalue weighted by atomic mass is 32.2. The number of sulfonamides is 1. The van der Waals surface area contributed by atoms with Gasteiger partial charge in [-0.2, -0.15) is 0 Å². The topological polar surface area (TPSA) is 105 Å². The zero-order valence-corrected chi connectivity index (χ0v) is 25.9. The Kier molecular flexibility index (Phi) is 11.1. The first kappa shape index (κ1) is 31.9. The van der Waals surface area contributed by atoms with E-state index in [-0.39, 0.29) is 29.1 Å². The van der Waals surface area contributed by atoms with Crippen LogP contribution in [-0.4, -0.2) is 58.0 Å². The van der Waals surface area contributed by atoms with Crippen molar-refractivity contribution in [1.29, 1.82) is 0 Å². The first-order chi connectivity index (χ1) is 20.8. The molecule has 43 heavy (non-hydrogen) atoms. The SMILES string of the molecule is CC[C@@H](C(=O)NC1CCCCC1)N(Cc1ccc(OC)cc1)C(=O)CN(c1ccccc1OC)S(=O)(=O)c1ccccc1. The number of carbonyl (C=O) groups excluding carboxylic acids is 2. The van der Waals surface area contributed by atoms with Crippen LogP contribution in [0, 0.1) is 0 Å². The number of hydrogen-bond acceptors (Lipinski definition) is 6. The van der Waals surface area contributed by atoms with Gasteiger partial charge in [0.05, 0.1) is 24.8 Å². The fourth-order valence-electron chi connectivity index (χ4n) is 5.46. The zero-order chi connectivity index (χ0) is 30.8. The summed E-state index contributed by atoms with van der Waals surface area (Å²) in [6.45, 7) is 1.45. The van der Waals surface area contributed by atoms with E-state index in [1.54, 1.807) is 61.7 Å². The van der Waals surface area contributed by atoms with Crippen molar-refractivity contribution < 1.29 is 27.5 Å². The average Bonchev–Trinajstić information content (AvgIpc) is 3.04. The molecule has 3 aromatic rings. The molecule has 10 heteroatoms. The number of amides is 2. The molecule has 2 amide bonds. The Hall–Kier alpha value is -4.05. The molecule has 0 saturated heterocycles. The van der Waals surface area contributed by atoms with E-state index in [1.165, 1.54) is 24.1 Å². The first-order valence-electron chi connectivity index (χ1n) is 14.7. The van der Waals surface area contributed by atoms with E-state index in [0.717, 1.165) is 42.0 Å². The van der Waals surface area contributed by atoms with Crippen molar-refractivity contribution in [3.8, 4) is 11.5 Å². The molecule has 0 radical (unpaired) electrons. The van der Waals surface area contributed by atoms with E-state index in [4.69, 9.17) is 9.47 Å². The molecule has 0 unspecified atom stereocenters. The summed E-state index contributed by atoms with van der Waals surface area (Å²) in [5, 5.41) is 3.16. The molecule has 0 aliphatic heterocycles. The summed E-state index contributed by atoms with van der Waals surface area (Å²) < 4.78 is 39.9. The molecule has 1 saturated carbocycles. The lowest BCUT2D eigenvalue weighted by Crippen LogP contribution is -2.54. The van der Waals surface area contributed by atoms with E-state index >= 15 is 0 Å². The number of nitrogens with one attached hydrogen (secondary N) is 1. The van der Waals surface area contributed by atoms with Gasteiger partial charge < -0.3 is 19.7 Å². The van der Waals surface area contributed by atoms with Gasteiger partial charge in [-0.25, -0.2) is 8.42 Å². The molecule has 0 bridgehead atoms. The second kappa shape index (κ2) is 14.9. The van der Waals surface area contributed by atoms with Crippen LogP contribution in [0.1, 0.15) is 51.0 Å². The Morgan fingerprint density at radius 2 is 1.53 bits per heavy atom. The summed E-state index contributed by atoms with van der Waals surface area (Å²) in [6, 6.07) is 21.2. The predicted molar refractivity (Wildman–Crippen MR) is 167 cm³/mol. The van der Waals surface area contributed by atoms with Crippen LogP contribution in [0.3, 0.4) is 0 Å². The number of nitrogens with zero attached hydrogens (tertiary/aromatic N) is 2. The van der Waals surface area contributed by atoms with Crippen LogP contribution < -0.4 is 19.1 Å². The lowest BCUT2D eigenvalue weighted by atomic mass is 9.95. The van der Waals surface area contributed by atoms with Crippen molar-refractivity contribution in [2.75, 3.05) is 25.1 Å². The average molecular weight is 608 g/mol. The summed E-state index contributed by atoms with van der Waals surface area (Å²) in [4.78, 5) is 29.5. The van der Waals surface area contributed by atoms with E-state index in [2.05, 4.69) is 5.32 Å². The molecule has 0 aromatic heterocycles. The predicted octanol–water partition coefficient (Wildman–Crippen LogP) is 5.16. The second-order valence-electron chi connectivity index (χ2n) is 10.6. The Morgan fingerprint density at radius 1 is 0.884 bits per heavy atom. The highest BCUT2D eigenvalue weighted by Crippen LogP contribution is 2.32. The highest BCUT2D eigenvalue weighted by molar-refractivity contribution is 7.92. The van der Waals surface area contributed by atoms with E-state index in [1.807, 2.05) is 19.1 Å². The largest absolute Gasteiger partial charge is 0.497 e. The number of ether oxygens (including phenoxy) is 2. The maximum atomic E-state index is 14.3. The van der Waals surface area contributed by atoms with Crippen LogP contribution >= 0.6 is 0 Å². The summed E-state index contributed by atoms with van der Waals surface area (Å²) in [7, 11) is -1.16. The number of rotatable bonds is 13. The fraction of sp³-hybridized carbons (Fsp3) is 0.394. The Labute approximate surface area is 254 Å². The van der Waals surface area contributed by atoms with Crippen LogP contribution in [0.5, 0.6) is 11.5 Å². The highest BCUT2D eigenvalue weighted by Gasteiger charge is 2.35. The van der Waals surface area contributed by atoms with E-state index in [9.17, 15) is 18.0 Å². The minimum Gasteiger partial charge on any atom is -0.497 e. The van der Waals surface area contributed by atoms with Gasteiger partial charge in [-0.05, 0) is 61.2 Å². The third-order valence-corrected chi connectivity index (χ3v) is 9.59. The van der Waals surface area contributed by atoms with Crippen LogP contribution in [0.25, 0.3) is 0 Å². The van der Waals surface area contributed by atoms with Crippen molar-refractivity contribution in [2.45, 2.75) is 69.0 Å². The Balaban J connectivity index is 1.72. The number of benzene rings is 3. The molecule has 1 aliphatic carbocycles. The maximum Gasteiger partial charge on any atom is 0.264 e. The van der Waals surface area contributed by atoms with Gasteiger partial charge in [-0.1, -0.05) is 68.7 Å². The molecule has 0 heterocycles. The molecule has 1 N–H and O–H groups in total. The standard InChI is InChI=1S/C33H41N3O6S/c1-4-29(33(38)34-26-13-7-5-8-14-26)35(23-25-19-21-27(41-2)22-20-25)32(37)24-36(30-17-11-12-18-31(30)42-3)43(39,40)28-15-9-6-10-16-28/h6,9-12,15-22,26,29H,4-5,7-8,13-14,23-24H2,1-3H3,(H,34,38)/t29-/m0/s1. The summed E-state index contributed by atoms with van der Waals surface area (Å²) in [5.41, 5.74) is 1.01.